The molecule has 19 heavy (non-hydrogen) atoms. The van der Waals surface area contributed by atoms with Gasteiger partial charge in [-0.15, -0.1) is 0 Å². The summed E-state index contributed by atoms with van der Waals surface area (Å²) >= 11 is 0. The highest BCUT2D eigenvalue weighted by Gasteiger charge is 2.42. The van der Waals surface area contributed by atoms with E-state index in [-0.39, 0.29) is 12.0 Å². The Kier molecular flexibility index (Phi) is 2.24. The average molecular weight is 252 g/mol. The minimum Gasteiger partial charge on any atom is -0.497 e. The van der Waals surface area contributed by atoms with Gasteiger partial charge in [-0.2, -0.15) is 0 Å². The van der Waals surface area contributed by atoms with Crippen molar-refractivity contribution in [1.82, 2.24) is 0 Å². The van der Waals surface area contributed by atoms with Crippen LogP contribution in [0, 0.1) is 0 Å². The lowest BCUT2D eigenvalue weighted by atomic mass is 9.62. The van der Waals surface area contributed by atoms with Gasteiger partial charge in [-0.1, -0.05) is 30.3 Å². The van der Waals surface area contributed by atoms with Crippen molar-refractivity contribution in [2.75, 3.05) is 7.11 Å². The van der Waals surface area contributed by atoms with Gasteiger partial charge >= 0.3 is 0 Å². The van der Waals surface area contributed by atoms with Gasteiger partial charge < -0.3 is 9.84 Å². The predicted molar refractivity (Wildman–Crippen MR) is 73.7 cm³/mol. The standard InChI is InChI=1S/C17H16O2/c1-19-10-6-7-12-14-9-16(18)17(15(12)8-10)13-5-3-2-4-11(13)14/h2-8,14,16-18H,9H2,1H3/t14-,16-,17+/m0/s1. The van der Waals surface area contributed by atoms with Crippen molar-refractivity contribution in [2.24, 2.45) is 0 Å². The summed E-state index contributed by atoms with van der Waals surface area (Å²) in [6.45, 7) is 0. The highest BCUT2D eigenvalue weighted by Crippen LogP contribution is 2.53. The molecule has 2 bridgehead atoms. The Bertz CT molecular complexity index is 647. The maximum Gasteiger partial charge on any atom is 0.119 e. The van der Waals surface area contributed by atoms with Crippen molar-refractivity contribution < 1.29 is 9.84 Å². The van der Waals surface area contributed by atoms with Gasteiger partial charge in [0, 0.05) is 11.8 Å². The Balaban J connectivity index is 1.97. The third kappa shape index (κ3) is 1.41. The van der Waals surface area contributed by atoms with Crippen LogP contribution in [-0.2, 0) is 0 Å². The summed E-state index contributed by atoms with van der Waals surface area (Å²) in [5, 5.41) is 10.4. The monoisotopic (exact) mass is 252 g/mol. The van der Waals surface area contributed by atoms with Crippen molar-refractivity contribution in [3.63, 3.8) is 0 Å². The molecule has 5 rings (SSSR count). The first-order valence-corrected chi connectivity index (χ1v) is 6.74. The molecule has 1 N–H and O–H groups in total. The molecule has 0 radical (unpaired) electrons. The Morgan fingerprint density at radius 3 is 2.53 bits per heavy atom. The molecular weight excluding hydrogens is 236 g/mol. The number of ether oxygens (including phenoxy) is 1. The summed E-state index contributed by atoms with van der Waals surface area (Å²) in [5.74, 6) is 1.30. The molecule has 0 fully saturated rings. The second kappa shape index (κ2) is 3.84. The summed E-state index contributed by atoms with van der Waals surface area (Å²) < 4.78 is 5.33. The first-order chi connectivity index (χ1) is 9.29. The third-order valence-electron chi connectivity index (χ3n) is 4.57. The van der Waals surface area contributed by atoms with E-state index in [1.54, 1.807) is 7.11 Å². The van der Waals surface area contributed by atoms with Crippen molar-refractivity contribution in [3.8, 4) is 5.75 Å². The molecule has 2 aromatic carbocycles. The van der Waals surface area contributed by atoms with E-state index in [0.29, 0.717) is 5.92 Å². The zero-order chi connectivity index (χ0) is 13.0. The third-order valence-corrected chi connectivity index (χ3v) is 4.57. The highest BCUT2D eigenvalue weighted by molar-refractivity contribution is 5.57. The molecule has 3 atom stereocenters. The van der Waals surface area contributed by atoms with Crippen LogP contribution in [0.1, 0.15) is 40.5 Å². The normalized spacial score (nSPS) is 26.7. The minimum atomic E-state index is -0.278. The van der Waals surface area contributed by atoms with Crippen LogP contribution >= 0.6 is 0 Å². The molecule has 0 heterocycles. The first-order valence-electron chi connectivity index (χ1n) is 6.74. The second-order valence-electron chi connectivity index (χ2n) is 5.46. The Morgan fingerprint density at radius 2 is 1.74 bits per heavy atom. The first kappa shape index (κ1) is 11.1. The van der Waals surface area contributed by atoms with Crippen molar-refractivity contribution in [3.05, 3.63) is 64.7 Å². The van der Waals surface area contributed by atoms with Crippen LogP contribution in [0.4, 0.5) is 0 Å². The van der Waals surface area contributed by atoms with Gasteiger partial charge in [0.25, 0.3) is 0 Å². The van der Waals surface area contributed by atoms with Gasteiger partial charge in [0.2, 0.25) is 0 Å². The van der Waals surface area contributed by atoms with Gasteiger partial charge in [0.15, 0.2) is 0 Å². The fraction of sp³-hybridized carbons (Fsp3) is 0.294. The SMILES string of the molecule is COc1ccc2c(c1)[C@H]1c3ccccc3[C@@H]2C[C@@H]1O. The summed E-state index contributed by atoms with van der Waals surface area (Å²) in [6.07, 6.45) is 0.556. The predicted octanol–water partition coefficient (Wildman–Crippen LogP) is 3.04. The lowest BCUT2D eigenvalue weighted by Gasteiger charge is -2.43. The number of rotatable bonds is 1. The van der Waals surface area contributed by atoms with E-state index in [1.807, 2.05) is 6.07 Å². The number of aliphatic hydroxyl groups excluding tert-OH is 1. The van der Waals surface area contributed by atoms with Crippen LogP contribution in [0.25, 0.3) is 0 Å². The number of aliphatic hydroxyl groups is 1. The molecule has 0 aromatic heterocycles. The van der Waals surface area contributed by atoms with Crippen LogP contribution in [0.2, 0.25) is 0 Å². The smallest absolute Gasteiger partial charge is 0.119 e. The molecule has 2 heteroatoms. The number of methoxy groups -OCH3 is 1. The van der Waals surface area contributed by atoms with E-state index >= 15 is 0 Å². The number of hydrogen-bond acceptors (Lipinski definition) is 2. The van der Waals surface area contributed by atoms with Crippen molar-refractivity contribution >= 4 is 0 Å². The van der Waals surface area contributed by atoms with Crippen LogP contribution in [0.15, 0.2) is 42.5 Å². The summed E-state index contributed by atoms with van der Waals surface area (Å²) in [6, 6.07) is 14.8. The van der Waals surface area contributed by atoms with Crippen LogP contribution < -0.4 is 4.74 Å². The van der Waals surface area contributed by atoms with Crippen LogP contribution in [0.3, 0.4) is 0 Å². The van der Waals surface area contributed by atoms with E-state index in [4.69, 9.17) is 4.74 Å². The minimum absolute atomic E-state index is 0.103. The zero-order valence-electron chi connectivity index (χ0n) is 10.8. The molecule has 0 aliphatic heterocycles. The fourth-order valence-electron chi connectivity index (χ4n) is 3.76. The number of benzene rings is 2. The van der Waals surface area contributed by atoms with E-state index in [2.05, 4.69) is 36.4 Å². The highest BCUT2D eigenvalue weighted by atomic mass is 16.5. The lowest BCUT2D eigenvalue weighted by Crippen LogP contribution is -2.35. The maximum atomic E-state index is 10.4. The summed E-state index contributed by atoms with van der Waals surface area (Å²) in [5.41, 5.74) is 5.26. The summed E-state index contributed by atoms with van der Waals surface area (Å²) in [4.78, 5) is 0. The molecule has 0 unspecified atom stereocenters. The van der Waals surface area contributed by atoms with Crippen molar-refractivity contribution in [1.29, 1.82) is 0 Å². The largest absolute Gasteiger partial charge is 0.497 e. The summed E-state index contributed by atoms with van der Waals surface area (Å²) in [7, 11) is 1.69. The molecule has 96 valence electrons. The zero-order valence-corrected chi connectivity index (χ0v) is 10.8. The quantitative estimate of drug-likeness (QED) is 0.845. The van der Waals surface area contributed by atoms with E-state index < -0.39 is 0 Å². The van der Waals surface area contributed by atoms with Gasteiger partial charge in [0.05, 0.1) is 13.2 Å². The molecular formula is C17H16O2. The maximum absolute atomic E-state index is 10.4. The van der Waals surface area contributed by atoms with Gasteiger partial charge in [-0.05, 0) is 40.8 Å². The Labute approximate surface area is 112 Å². The molecule has 2 nitrogen and oxygen atoms in total. The molecule has 0 amide bonds. The molecule has 0 saturated carbocycles. The molecule has 3 aliphatic rings. The molecule has 3 aliphatic carbocycles. The number of hydrogen-bond donors (Lipinski definition) is 1. The number of fused-ring (bicyclic) bond motifs is 1. The average Bonchev–Trinajstić information content (AvgIpc) is 2.46. The topological polar surface area (TPSA) is 29.5 Å². The second-order valence-corrected chi connectivity index (χ2v) is 5.46. The van der Waals surface area contributed by atoms with Gasteiger partial charge in [0.1, 0.15) is 5.75 Å². The van der Waals surface area contributed by atoms with Crippen molar-refractivity contribution in [2.45, 2.75) is 24.4 Å². The molecule has 0 saturated heterocycles. The fourth-order valence-corrected chi connectivity index (χ4v) is 3.76. The van der Waals surface area contributed by atoms with Crippen LogP contribution in [-0.4, -0.2) is 18.3 Å². The lowest BCUT2D eigenvalue weighted by molar-refractivity contribution is 0.124. The van der Waals surface area contributed by atoms with E-state index in [0.717, 1.165) is 12.2 Å². The van der Waals surface area contributed by atoms with Gasteiger partial charge in [-0.3, -0.25) is 0 Å². The van der Waals surface area contributed by atoms with E-state index in [1.165, 1.54) is 22.3 Å². The Hall–Kier alpha value is -1.80. The van der Waals surface area contributed by atoms with Crippen LogP contribution in [0.5, 0.6) is 5.75 Å². The molecule has 0 spiro atoms. The van der Waals surface area contributed by atoms with Gasteiger partial charge in [-0.25, -0.2) is 0 Å². The van der Waals surface area contributed by atoms with E-state index in [9.17, 15) is 5.11 Å². The molecule has 2 aromatic rings. The Morgan fingerprint density at radius 1 is 1.00 bits per heavy atom.